The summed E-state index contributed by atoms with van der Waals surface area (Å²) in [6, 6.07) is 3.41. The Morgan fingerprint density at radius 3 is 2.23 bits per heavy atom. The molecule has 0 radical (unpaired) electrons. The summed E-state index contributed by atoms with van der Waals surface area (Å²) in [6.07, 6.45) is 5.79. The molecule has 0 bridgehead atoms. The molecular weight excluding hydrogens is 334 g/mol. The third-order valence-electron chi connectivity index (χ3n) is 3.82. The summed E-state index contributed by atoms with van der Waals surface area (Å²) < 4.78 is 15.8. The lowest BCUT2D eigenvalue weighted by molar-refractivity contribution is -0.144. The minimum absolute atomic E-state index is 0.235. The number of allylic oxidation sites excluding steroid dienone is 2. The normalized spacial score (nSPS) is 11.8. The van der Waals surface area contributed by atoms with Gasteiger partial charge in [-0.2, -0.15) is 0 Å². The molecule has 0 heterocycles. The molecule has 1 aromatic carbocycles. The van der Waals surface area contributed by atoms with Gasteiger partial charge in [0.1, 0.15) is 17.2 Å². The van der Waals surface area contributed by atoms with Crippen molar-refractivity contribution >= 4 is 12.2 Å². The molecule has 0 fully saturated rings. The molecule has 1 aromatic rings. The predicted molar refractivity (Wildman–Crippen MR) is 102 cm³/mol. The summed E-state index contributed by atoms with van der Waals surface area (Å²) in [4.78, 5) is 16.9. The molecule has 1 unspecified atom stereocenters. The monoisotopic (exact) mass is 363 g/mol. The number of methoxy groups -OCH3 is 3. The van der Waals surface area contributed by atoms with Gasteiger partial charge in [0, 0.05) is 12.1 Å². The Labute approximate surface area is 155 Å². The Balaban J connectivity index is 2.68. The van der Waals surface area contributed by atoms with E-state index in [9.17, 15) is 4.79 Å². The average Bonchev–Trinajstić information content (AvgIpc) is 2.60. The maximum absolute atomic E-state index is 11.9. The SMILES string of the molecule is COc1cc(OC)c(/C=N/OC(=O)CC(C)CCC=C(C)C)c(OC)c1. The molecule has 0 aromatic heterocycles. The first-order valence-electron chi connectivity index (χ1n) is 8.57. The Bertz CT molecular complexity index is 623. The summed E-state index contributed by atoms with van der Waals surface area (Å²) in [6.45, 7) is 6.16. The van der Waals surface area contributed by atoms with Crippen LogP contribution < -0.4 is 14.2 Å². The van der Waals surface area contributed by atoms with Gasteiger partial charge in [0.05, 0.1) is 39.5 Å². The number of nitrogens with zero attached hydrogens (tertiary/aromatic N) is 1. The molecule has 6 nitrogen and oxygen atoms in total. The maximum atomic E-state index is 11.9. The molecule has 0 saturated carbocycles. The first-order chi connectivity index (χ1) is 12.4. The van der Waals surface area contributed by atoms with Crippen molar-refractivity contribution in [2.24, 2.45) is 11.1 Å². The summed E-state index contributed by atoms with van der Waals surface area (Å²) >= 11 is 0. The second-order valence-electron chi connectivity index (χ2n) is 6.31. The molecule has 0 amide bonds. The molecule has 0 aliphatic rings. The van der Waals surface area contributed by atoms with Crippen molar-refractivity contribution in [2.75, 3.05) is 21.3 Å². The fraction of sp³-hybridized carbons (Fsp3) is 0.500. The van der Waals surface area contributed by atoms with E-state index in [-0.39, 0.29) is 11.9 Å². The van der Waals surface area contributed by atoms with Crippen LogP contribution in [0.4, 0.5) is 0 Å². The summed E-state index contributed by atoms with van der Waals surface area (Å²) in [7, 11) is 4.62. The van der Waals surface area contributed by atoms with E-state index in [0.29, 0.717) is 29.2 Å². The zero-order valence-electron chi connectivity index (χ0n) is 16.5. The molecule has 1 atom stereocenters. The molecule has 0 N–H and O–H groups in total. The van der Waals surface area contributed by atoms with Crippen LogP contribution in [0, 0.1) is 5.92 Å². The zero-order chi connectivity index (χ0) is 19.5. The smallest absolute Gasteiger partial charge is 0.335 e. The second-order valence-corrected chi connectivity index (χ2v) is 6.31. The number of ether oxygens (including phenoxy) is 3. The van der Waals surface area contributed by atoms with Crippen molar-refractivity contribution in [1.29, 1.82) is 0 Å². The molecule has 0 aliphatic carbocycles. The Morgan fingerprint density at radius 2 is 1.73 bits per heavy atom. The molecule has 6 heteroatoms. The lowest BCUT2D eigenvalue weighted by atomic mass is 10.0. The van der Waals surface area contributed by atoms with Crippen molar-refractivity contribution in [2.45, 2.75) is 40.0 Å². The fourth-order valence-corrected chi connectivity index (χ4v) is 2.38. The van der Waals surface area contributed by atoms with Crippen LogP contribution in [-0.4, -0.2) is 33.5 Å². The van der Waals surface area contributed by atoms with Gasteiger partial charge in [-0.05, 0) is 32.6 Å². The van der Waals surface area contributed by atoms with Crippen molar-refractivity contribution in [3.8, 4) is 17.2 Å². The molecule has 0 aliphatic heterocycles. The minimum Gasteiger partial charge on any atom is -0.496 e. The van der Waals surface area contributed by atoms with Crippen LogP contribution in [0.15, 0.2) is 28.9 Å². The number of rotatable bonds is 10. The largest absolute Gasteiger partial charge is 0.496 e. The van der Waals surface area contributed by atoms with Gasteiger partial charge in [-0.15, -0.1) is 0 Å². The molecule has 0 spiro atoms. The minimum atomic E-state index is -0.364. The number of carbonyl (C=O) groups excluding carboxylic acids is 1. The fourth-order valence-electron chi connectivity index (χ4n) is 2.38. The van der Waals surface area contributed by atoms with Gasteiger partial charge in [-0.1, -0.05) is 23.7 Å². The second kappa shape index (κ2) is 11.2. The van der Waals surface area contributed by atoms with Crippen LogP contribution in [0.25, 0.3) is 0 Å². The third-order valence-corrected chi connectivity index (χ3v) is 3.82. The van der Waals surface area contributed by atoms with Crippen LogP contribution in [0.1, 0.15) is 45.6 Å². The van der Waals surface area contributed by atoms with Gasteiger partial charge < -0.3 is 19.0 Å². The van der Waals surface area contributed by atoms with Crippen LogP contribution in [0.5, 0.6) is 17.2 Å². The number of hydrogen-bond acceptors (Lipinski definition) is 6. The number of hydrogen-bond donors (Lipinski definition) is 0. The summed E-state index contributed by atoms with van der Waals surface area (Å²) in [5, 5.41) is 3.79. The van der Waals surface area contributed by atoms with Gasteiger partial charge in [0.2, 0.25) is 0 Å². The van der Waals surface area contributed by atoms with E-state index in [1.54, 1.807) is 19.2 Å². The van der Waals surface area contributed by atoms with E-state index in [0.717, 1.165) is 12.8 Å². The first kappa shape index (κ1) is 21.5. The van der Waals surface area contributed by atoms with Crippen molar-refractivity contribution in [3.05, 3.63) is 29.3 Å². The standard InChI is InChI=1S/C20H29NO5/c1-14(2)8-7-9-15(3)10-20(22)26-21-13-17-18(24-5)11-16(23-4)12-19(17)25-6/h8,11-13,15H,7,9-10H2,1-6H3/b21-13+. The number of carbonyl (C=O) groups is 1. The molecule has 144 valence electrons. The van der Waals surface area contributed by atoms with Gasteiger partial charge >= 0.3 is 5.97 Å². The molecule has 26 heavy (non-hydrogen) atoms. The Morgan fingerprint density at radius 1 is 1.12 bits per heavy atom. The van der Waals surface area contributed by atoms with E-state index < -0.39 is 0 Å². The lowest BCUT2D eigenvalue weighted by Gasteiger charge is -2.12. The lowest BCUT2D eigenvalue weighted by Crippen LogP contribution is -2.07. The summed E-state index contributed by atoms with van der Waals surface area (Å²) in [5.41, 5.74) is 1.85. The highest BCUT2D eigenvalue weighted by molar-refractivity contribution is 5.88. The Kier molecular flexibility index (Phi) is 9.26. The Hall–Kier alpha value is -2.50. The van der Waals surface area contributed by atoms with E-state index >= 15 is 0 Å². The van der Waals surface area contributed by atoms with E-state index in [2.05, 4.69) is 25.1 Å². The van der Waals surface area contributed by atoms with Gasteiger partial charge in [-0.3, -0.25) is 0 Å². The quantitative estimate of drug-likeness (QED) is 0.267. The first-order valence-corrected chi connectivity index (χ1v) is 8.57. The van der Waals surface area contributed by atoms with Crippen molar-refractivity contribution in [3.63, 3.8) is 0 Å². The van der Waals surface area contributed by atoms with Gasteiger partial charge in [-0.25, -0.2) is 4.79 Å². The van der Waals surface area contributed by atoms with Gasteiger partial charge in [0.25, 0.3) is 0 Å². The predicted octanol–water partition coefficient (Wildman–Crippen LogP) is 4.36. The highest BCUT2D eigenvalue weighted by Gasteiger charge is 2.13. The highest BCUT2D eigenvalue weighted by Crippen LogP contribution is 2.32. The highest BCUT2D eigenvalue weighted by atomic mass is 16.7. The zero-order valence-corrected chi connectivity index (χ0v) is 16.5. The van der Waals surface area contributed by atoms with Crippen LogP contribution >= 0.6 is 0 Å². The van der Waals surface area contributed by atoms with Crippen molar-refractivity contribution in [1.82, 2.24) is 0 Å². The van der Waals surface area contributed by atoms with E-state index in [1.807, 2.05) is 6.92 Å². The average molecular weight is 363 g/mol. The molecule has 0 saturated heterocycles. The molecular formula is C20H29NO5. The van der Waals surface area contributed by atoms with Crippen LogP contribution in [0.2, 0.25) is 0 Å². The van der Waals surface area contributed by atoms with E-state index in [1.165, 1.54) is 26.0 Å². The number of benzene rings is 1. The summed E-state index contributed by atoms with van der Waals surface area (Å²) in [5.74, 6) is 1.49. The topological polar surface area (TPSA) is 66.3 Å². The number of oxime groups is 1. The molecule has 1 rings (SSSR count). The van der Waals surface area contributed by atoms with E-state index in [4.69, 9.17) is 19.0 Å². The third kappa shape index (κ3) is 7.17. The van der Waals surface area contributed by atoms with Crippen LogP contribution in [-0.2, 0) is 9.63 Å². The maximum Gasteiger partial charge on any atom is 0.335 e. The van der Waals surface area contributed by atoms with Crippen LogP contribution in [0.3, 0.4) is 0 Å². The van der Waals surface area contributed by atoms with Crippen molar-refractivity contribution < 1.29 is 23.8 Å². The van der Waals surface area contributed by atoms with Gasteiger partial charge in [0.15, 0.2) is 0 Å².